The first-order chi connectivity index (χ1) is 8.35. The van der Waals surface area contributed by atoms with Crippen LogP contribution < -0.4 is 10.5 Å². The third-order valence-electron chi connectivity index (χ3n) is 2.69. The van der Waals surface area contributed by atoms with Crippen molar-refractivity contribution in [3.63, 3.8) is 0 Å². The molecular formula is C15H17NO. The van der Waals surface area contributed by atoms with Crippen LogP contribution in [0.15, 0.2) is 48.5 Å². The summed E-state index contributed by atoms with van der Waals surface area (Å²) in [6.45, 7) is 3.14. The number of rotatable bonds is 4. The van der Waals surface area contributed by atoms with Gasteiger partial charge in [0.25, 0.3) is 0 Å². The highest BCUT2D eigenvalue weighted by Gasteiger charge is 2.04. The molecule has 0 aromatic heterocycles. The Balaban J connectivity index is 2.40. The van der Waals surface area contributed by atoms with E-state index in [1.165, 1.54) is 5.56 Å². The molecule has 88 valence electrons. The molecule has 2 heteroatoms. The SMILES string of the molecule is CCOc1cc(-c2ccccc2)ccc1CN. The van der Waals surface area contributed by atoms with E-state index in [4.69, 9.17) is 10.5 Å². The van der Waals surface area contributed by atoms with Gasteiger partial charge >= 0.3 is 0 Å². The Kier molecular flexibility index (Phi) is 3.78. The average Bonchev–Trinajstić information content (AvgIpc) is 2.40. The van der Waals surface area contributed by atoms with E-state index in [0.29, 0.717) is 13.2 Å². The number of benzene rings is 2. The molecule has 17 heavy (non-hydrogen) atoms. The van der Waals surface area contributed by atoms with Crippen molar-refractivity contribution in [1.29, 1.82) is 0 Å². The van der Waals surface area contributed by atoms with Crippen molar-refractivity contribution in [2.75, 3.05) is 6.61 Å². The molecule has 0 aliphatic heterocycles. The fourth-order valence-electron chi connectivity index (χ4n) is 1.82. The Morgan fingerprint density at radius 2 is 1.76 bits per heavy atom. The summed E-state index contributed by atoms with van der Waals surface area (Å²) in [5.41, 5.74) is 9.09. The summed E-state index contributed by atoms with van der Waals surface area (Å²) in [6, 6.07) is 16.4. The molecule has 0 amide bonds. The molecule has 0 fully saturated rings. The minimum atomic E-state index is 0.504. The highest BCUT2D eigenvalue weighted by molar-refractivity contribution is 5.66. The number of nitrogens with two attached hydrogens (primary N) is 1. The zero-order valence-electron chi connectivity index (χ0n) is 10.0. The molecule has 0 spiro atoms. The van der Waals surface area contributed by atoms with Crippen molar-refractivity contribution in [2.45, 2.75) is 13.5 Å². The van der Waals surface area contributed by atoms with Crippen LogP contribution in [0.1, 0.15) is 12.5 Å². The largest absolute Gasteiger partial charge is 0.494 e. The Morgan fingerprint density at radius 1 is 1.00 bits per heavy atom. The first-order valence-electron chi connectivity index (χ1n) is 5.86. The maximum Gasteiger partial charge on any atom is 0.124 e. The molecule has 0 aliphatic carbocycles. The van der Waals surface area contributed by atoms with Crippen molar-refractivity contribution in [3.8, 4) is 16.9 Å². The minimum absolute atomic E-state index is 0.504. The van der Waals surface area contributed by atoms with Crippen LogP contribution in [0.5, 0.6) is 5.75 Å². The van der Waals surface area contributed by atoms with Crippen LogP contribution in [-0.4, -0.2) is 6.61 Å². The van der Waals surface area contributed by atoms with Gasteiger partial charge < -0.3 is 10.5 Å². The van der Waals surface area contributed by atoms with Gasteiger partial charge in [0.15, 0.2) is 0 Å². The van der Waals surface area contributed by atoms with Gasteiger partial charge in [-0.05, 0) is 24.1 Å². The zero-order chi connectivity index (χ0) is 12.1. The topological polar surface area (TPSA) is 35.2 Å². The number of hydrogen-bond acceptors (Lipinski definition) is 2. The van der Waals surface area contributed by atoms with E-state index in [9.17, 15) is 0 Å². The second kappa shape index (κ2) is 5.51. The lowest BCUT2D eigenvalue weighted by atomic mass is 10.0. The Morgan fingerprint density at radius 3 is 2.41 bits per heavy atom. The molecule has 0 aliphatic rings. The highest BCUT2D eigenvalue weighted by atomic mass is 16.5. The smallest absolute Gasteiger partial charge is 0.124 e. The summed E-state index contributed by atoms with van der Waals surface area (Å²) >= 11 is 0. The van der Waals surface area contributed by atoms with Crippen LogP contribution in [0.3, 0.4) is 0 Å². The van der Waals surface area contributed by atoms with Crippen LogP contribution in [0, 0.1) is 0 Å². The van der Waals surface area contributed by atoms with Crippen molar-refractivity contribution < 1.29 is 4.74 Å². The quantitative estimate of drug-likeness (QED) is 0.870. The lowest BCUT2D eigenvalue weighted by Gasteiger charge is -2.11. The molecular weight excluding hydrogens is 210 g/mol. The van der Waals surface area contributed by atoms with Gasteiger partial charge in [0.05, 0.1) is 6.61 Å². The maximum absolute atomic E-state index is 5.69. The molecule has 2 aromatic carbocycles. The molecule has 0 bridgehead atoms. The van der Waals surface area contributed by atoms with Crippen molar-refractivity contribution in [2.24, 2.45) is 5.73 Å². The molecule has 0 unspecified atom stereocenters. The van der Waals surface area contributed by atoms with Crippen molar-refractivity contribution >= 4 is 0 Å². The summed E-state index contributed by atoms with van der Waals surface area (Å²) < 4.78 is 5.61. The van der Waals surface area contributed by atoms with Gasteiger partial charge in [-0.3, -0.25) is 0 Å². The van der Waals surface area contributed by atoms with Gasteiger partial charge in [0.1, 0.15) is 5.75 Å². The summed E-state index contributed by atoms with van der Waals surface area (Å²) in [7, 11) is 0. The van der Waals surface area contributed by atoms with Crippen molar-refractivity contribution in [3.05, 3.63) is 54.1 Å². The van der Waals surface area contributed by atoms with Crippen LogP contribution in [0.4, 0.5) is 0 Å². The van der Waals surface area contributed by atoms with Gasteiger partial charge in [-0.2, -0.15) is 0 Å². The molecule has 2 nitrogen and oxygen atoms in total. The molecule has 0 atom stereocenters. The van der Waals surface area contributed by atoms with E-state index in [2.05, 4.69) is 24.3 Å². The fraction of sp³-hybridized carbons (Fsp3) is 0.200. The van der Waals surface area contributed by atoms with Gasteiger partial charge in [0.2, 0.25) is 0 Å². The van der Waals surface area contributed by atoms with Gasteiger partial charge in [0, 0.05) is 12.1 Å². The summed E-state index contributed by atoms with van der Waals surface area (Å²) in [6.07, 6.45) is 0. The third-order valence-corrected chi connectivity index (χ3v) is 2.69. The van der Waals surface area contributed by atoms with E-state index in [1.807, 2.05) is 31.2 Å². The second-order valence-electron chi connectivity index (χ2n) is 3.83. The summed E-state index contributed by atoms with van der Waals surface area (Å²) in [5, 5.41) is 0. The van der Waals surface area contributed by atoms with Crippen LogP contribution in [0.2, 0.25) is 0 Å². The van der Waals surface area contributed by atoms with Crippen LogP contribution in [0.25, 0.3) is 11.1 Å². The maximum atomic E-state index is 5.69. The predicted octanol–water partition coefficient (Wildman–Crippen LogP) is 3.21. The zero-order valence-corrected chi connectivity index (χ0v) is 10.0. The van der Waals surface area contributed by atoms with E-state index in [0.717, 1.165) is 16.9 Å². The molecule has 0 saturated carbocycles. The minimum Gasteiger partial charge on any atom is -0.494 e. The van der Waals surface area contributed by atoms with Gasteiger partial charge in [-0.15, -0.1) is 0 Å². The lowest BCUT2D eigenvalue weighted by molar-refractivity contribution is 0.337. The number of hydrogen-bond donors (Lipinski definition) is 1. The van der Waals surface area contributed by atoms with E-state index in [-0.39, 0.29) is 0 Å². The Hall–Kier alpha value is -1.80. The van der Waals surface area contributed by atoms with E-state index < -0.39 is 0 Å². The average molecular weight is 227 g/mol. The van der Waals surface area contributed by atoms with Crippen molar-refractivity contribution in [1.82, 2.24) is 0 Å². The molecule has 0 radical (unpaired) electrons. The third kappa shape index (κ3) is 2.66. The standard InChI is InChI=1S/C15H17NO/c1-2-17-15-10-13(8-9-14(15)11-16)12-6-4-3-5-7-12/h3-10H,2,11,16H2,1H3. The second-order valence-corrected chi connectivity index (χ2v) is 3.83. The fourth-order valence-corrected chi connectivity index (χ4v) is 1.82. The van der Waals surface area contributed by atoms with Gasteiger partial charge in [-0.25, -0.2) is 0 Å². The molecule has 0 heterocycles. The van der Waals surface area contributed by atoms with Crippen LogP contribution >= 0.6 is 0 Å². The molecule has 0 saturated heterocycles. The predicted molar refractivity (Wildman–Crippen MR) is 70.9 cm³/mol. The van der Waals surface area contributed by atoms with E-state index >= 15 is 0 Å². The van der Waals surface area contributed by atoms with E-state index in [1.54, 1.807) is 0 Å². The normalized spacial score (nSPS) is 10.2. The number of ether oxygens (including phenoxy) is 1. The monoisotopic (exact) mass is 227 g/mol. The lowest BCUT2D eigenvalue weighted by Crippen LogP contribution is -2.02. The first-order valence-corrected chi connectivity index (χ1v) is 5.86. The molecule has 2 rings (SSSR count). The highest BCUT2D eigenvalue weighted by Crippen LogP contribution is 2.27. The first kappa shape index (κ1) is 11.7. The summed E-state index contributed by atoms with van der Waals surface area (Å²) in [4.78, 5) is 0. The Labute approximate surface area is 102 Å². The molecule has 2 aromatic rings. The van der Waals surface area contributed by atoms with Gasteiger partial charge in [-0.1, -0.05) is 42.5 Å². The van der Waals surface area contributed by atoms with Crippen LogP contribution in [-0.2, 0) is 6.54 Å². The molecule has 2 N–H and O–H groups in total. The summed E-state index contributed by atoms with van der Waals surface area (Å²) in [5.74, 6) is 0.886. The Bertz CT molecular complexity index is 480.